The van der Waals surface area contributed by atoms with Crippen LogP contribution in [-0.2, 0) is 0 Å². The Morgan fingerprint density at radius 2 is 2.06 bits per heavy atom. The quantitative estimate of drug-likeness (QED) is 0.827. The van der Waals surface area contributed by atoms with Crippen molar-refractivity contribution in [2.24, 2.45) is 0 Å². The zero-order valence-corrected chi connectivity index (χ0v) is 11.8. The molecule has 2 N–H and O–H groups in total. The maximum Gasteiger partial charge on any atom is 0.320 e. The molecule has 0 atom stereocenters. The minimum atomic E-state index is -0.258. The number of amides is 2. The lowest BCUT2D eigenvalue weighted by Crippen LogP contribution is -2.43. The number of carbonyl (C=O) groups is 1. The summed E-state index contributed by atoms with van der Waals surface area (Å²) in [5.74, 6) is 0.625. The van der Waals surface area contributed by atoms with Gasteiger partial charge in [-0.15, -0.1) is 0 Å². The van der Waals surface area contributed by atoms with Gasteiger partial charge in [0.15, 0.2) is 5.82 Å². The standard InChI is InChI=1S/C13H17N3OS/c1-8-5-6-10-9(7-8)11(16-18-10)14-12(17)15-13(2,3)4/h5-7H,1-4H3,(H2,14,15,16,17). The summed E-state index contributed by atoms with van der Waals surface area (Å²) in [6.45, 7) is 7.84. The molecule has 2 amide bonds. The van der Waals surface area contributed by atoms with E-state index in [2.05, 4.69) is 15.0 Å². The predicted molar refractivity (Wildman–Crippen MR) is 76.3 cm³/mol. The molecule has 1 heterocycles. The number of anilines is 1. The second-order valence-electron chi connectivity index (χ2n) is 5.36. The van der Waals surface area contributed by atoms with Crippen molar-refractivity contribution in [3.05, 3.63) is 23.8 Å². The van der Waals surface area contributed by atoms with Crippen molar-refractivity contribution < 1.29 is 4.79 Å². The van der Waals surface area contributed by atoms with Gasteiger partial charge >= 0.3 is 6.03 Å². The number of fused-ring (bicyclic) bond motifs is 1. The van der Waals surface area contributed by atoms with Crippen molar-refractivity contribution in [3.8, 4) is 0 Å². The molecule has 0 bridgehead atoms. The van der Waals surface area contributed by atoms with Crippen molar-refractivity contribution in [1.82, 2.24) is 9.69 Å². The lowest BCUT2D eigenvalue weighted by Gasteiger charge is -2.20. The van der Waals surface area contributed by atoms with Crippen molar-refractivity contribution in [1.29, 1.82) is 0 Å². The summed E-state index contributed by atoms with van der Waals surface area (Å²) in [6.07, 6.45) is 0. The molecule has 0 spiro atoms. The fourth-order valence-electron chi connectivity index (χ4n) is 1.62. The van der Waals surface area contributed by atoms with E-state index in [4.69, 9.17) is 0 Å². The van der Waals surface area contributed by atoms with Crippen LogP contribution in [0.5, 0.6) is 0 Å². The Kier molecular flexibility index (Phi) is 3.26. The summed E-state index contributed by atoms with van der Waals surface area (Å²) in [7, 11) is 0. The molecular formula is C13H17N3OS. The van der Waals surface area contributed by atoms with Gasteiger partial charge < -0.3 is 5.32 Å². The zero-order valence-electron chi connectivity index (χ0n) is 11.0. The Balaban J connectivity index is 2.22. The minimum Gasteiger partial charge on any atom is -0.333 e. The number of hydrogen-bond acceptors (Lipinski definition) is 3. The number of urea groups is 1. The Labute approximate surface area is 111 Å². The predicted octanol–water partition coefficient (Wildman–Crippen LogP) is 3.52. The molecule has 18 heavy (non-hydrogen) atoms. The third-order valence-electron chi connectivity index (χ3n) is 2.35. The molecular weight excluding hydrogens is 246 g/mol. The lowest BCUT2D eigenvalue weighted by atomic mass is 10.1. The Hall–Kier alpha value is -1.62. The molecule has 4 nitrogen and oxygen atoms in total. The Bertz CT molecular complexity index is 583. The van der Waals surface area contributed by atoms with E-state index < -0.39 is 0 Å². The normalized spacial score (nSPS) is 11.6. The summed E-state index contributed by atoms with van der Waals surface area (Å²) in [5, 5.41) is 6.64. The van der Waals surface area contributed by atoms with Crippen LogP contribution >= 0.6 is 11.5 Å². The molecule has 0 aliphatic carbocycles. The molecule has 0 saturated carbocycles. The van der Waals surface area contributed by atoms with E-state index in [0.29, 0.717) is 5.82 Å². The van der Waals surface area contributed by atoms with Crippen molar-refractivity contribution in [3.63, 3.8) is 0 Å². The number of aromatic nitrogens is 1. The molecule has 96 valence electrons. The van der Waals surface area contributed by atoms with E-state index in [1.54, 1.807) is 0 Å². The van der Waals surface area contributed by atoms with Crippen molar-refractivity contribution in [2.45, 2.75) is 33.2 Å². The van der Waals surface area contributed by atoms with Gasteiger partial charge in [-0.3, -0.25) is 5.32 Å². The van der Waals surface area contributed by atoms with E-state index in [1.807, 2.05) is 45.9 Å². The number of aryl methyl sites for hydroxylation is 1. The average Bonchev–Trinajstić information content (AvgIpc) is 2.58. The van der Waals surface area contributed by atoms with Crippen LogP contribution in [0, 0.1) is 6.92 Å². The van der Waals surface area contributed by atoms with Crippen LogP contribution in [0.25, 0.3) is 10.1 Å². The number of carbonyl (C=O) groups excluding carboxylic acids is 1. The SMILES string of the molecule is Cc1ccc2snc(NC(=O)NC(C)(C)C)c2c1. The molecule has 0 fully saturated rings. The molecule has 0 radical (unpaired) electrons. The highest BCUT2D eigenvalue weighted by atomic mass is 32.1. The third-order valence-corrected chi connectivity index (χ3v) is 3.17. The average molecular weight is 263 g/mol. The van der Waals surface area contributed by atoms with Gasteiger partial charge in [0.25, 0.3) is 0 Å². The smallest absolute Gasteiger partial charge is 0.320 e. The van der Waals surface area contributed by atoms with E-state index in [0.717, 1.165) is 15.6 Å². The number of nitrogens with zero attached hydrogens (tertiary/aromatic N) is 1. The van der Waals surface area contributed by atoms with Gasteiger partial charge in [-0.25, -0.2) is 4.79 Å². The second kappa shape index (κ2) is 4.57. The van der Waals surface area contributed by atoms with Crippen LogP contribution in [0.4, 0.5) is 10.6 Å². The van der Waals surface area contributed by atoms with Gasteiger partial charge in [0.1, 0.15) is 0 Å². The number of rotatable bonds is 1. The summed E-state index contributed by atoms with van der Waals surface area (Å²) < 4.78 is 5.35. The highest BCUT2D eigenvalue weighted by Crippen LogP contribution is 2.27. The van der Waals surface area contributed by atoms with Crippen LogP contribution in [0.2, 0.25) is 0 Å². The summed E-state index contributed by atoms with van der Waals surface area (Å²) in [5.41, 5.74) is 0.897. The monoisotopic (exact) mass is 263 g/mol. The summed E-state index contributed by atoms with van der Waals surface area (Å²) in [4.78, 5) is 11.8. The Morgan fingerprint density at radius 1 is 1.33 bits per heavy atom. The first kappa shape index (κ1) is 12.8. The summed E-state index contributed by atoms with van der Waals surface area (Å²) >= 11 is 1.39. The van der Waals surface area contributed by atoms with Gasteiger partial charge in [-0.1, -0.05) is 11.6 Å². The molecule has 5 heteroatoms. The third kappa shape index (κ3) is 2.98. The van der Waals surface area contributed by atoms with Gasteiger partial charge in [-0.2, -0.15) is 4.37 Å². The van der Waals surface area contributed by atoms with Crippen LogP contribution in [-0.4, -0.2) is 15.9 Å². The lowest BCUT2D eigenvalue weighted by molar-refractivity contribution is 0.244. The van der Waals surface area contributed by atoms with Crippen molar-refractivity contribution in [2.75, 3.05) is 5.32 Å². The molecule has 0 aliphatic heterocycles. The fraction of sp³-hybridized carbons (Fsp3) is 0.385. The maximum absolute atomic E-state index is 11.8. The van der Waals surface area contributed by atoms with Crippen LogP contribution in [0.15, 0.2) is 18.2 Å². The van der Waals surface area contributed by atoms with Gasteiger partial charge in [0.05, 0.1) is 4.70 Å². The molecule has 0 unspecified atom stereocenters. The molecule has 2 aromatic rings. The van der Waals surface area contributed by atoms with E-state index in [9.17, 15) is 4.79 Å². The highest BCUT2D eigenvalue weighted by Gasteiger charge is 2.15. The number of benzene rings is 1. The van der Waals surface area contributed by atoms with Crippen LogP contribution < -0.4 is 10.6 Å². The first-order chi connectivity index (χ1) is 8.35. The first-order valence-corrected chi connectivity index (χ1v) is 6.58. The Morgan fingerprint density at radius 3 is 2.72 bits per heavy atom. The molecule has 1 aromatic carbocycles. The fourth-order valence-corrected chi connectivity index (χ4v) is 2.34. The van der Waals surface area contributed by atoms with Crippen LogP contribution in [0.3, 0.4) is 0 Å². The number of nitrogens with one attached hydrogen (secondary N) is 2. The van der Waals surface area contributed by atoms with Gasteiger partial charge in [0, 0.05) is 10.9 Å². The largest absolute Gasteiger partial charge is 0.333 e. The maximum atomic E-state index is 11.8. The topological polar surface area (TPSA) is 54.0 Å². The molecule has 2 rings (SSSR count). The van der Waals surface area contributed by atoms with Gasteiger partial charge in [-0.05, 0) is 51.4 Å². The van der Waals surface area contributed by atoms with Crippen LogP contribution in [0.1, 0.15) is 26.3 Å². The molecule has 0 saturated heterocycles. The zero-order chi connectivity index (χ0) is 13.3. The molecule has 1 aromatic heterocycles. The first-order valence-electron chi connectivity index (χ1n) is 5.80. The summed E-state index contributed by atoms with van der Waals surface area (Å²) in [6, 6.07) is 5.87. The molecule has 0 aliphatic rings. The van der Waals surface area contributed by atoms with E-state index >= 15 is 0 Å². The van der Waals surface area contributed by atoms with Gasteiger partial charge in [0.2, 0.25) is 0 Å². The highest BCUT2D eigenvalue weighted by molar-refractivity contribution is 7.13. The van der Waals surface area contributed by atoms with E-state index in [1.165, 1.54) is 11.5 Å². The second-order valence-corrected chi connectivity index (χ2v) is 6.16. The number of hydrogen-bond donors (Lipinski definition) is 2. The minimum absolute atomic E-state index is 0.226. The van der Waals surface area contributed by atoms with E-state index in [-0.39, 0.29) is 11.6 Å². The van der Waals surface area contributed by atoms with Crippen molar-refractivity contribution >= 4 is 33.5 Å².